The molecule has 0 bridgehead atoms. The highest BCUT2D eigenvalue weighted by Gasteiger charge is 2.31. The maximum Gasteiger partial charge on any atom is 0.319 e. The van der Waals surface area contributed by atoms with E-state index < -0.39 is 12.1 Å². The third-order valence-electron chi connectivity index (χ3n) is 8.66. The molecule has 0 spiro atoms. The number of carbonyl (C=O) groups excluding carboxylic acids is 2. The smallest absolute Gasteiger partial charge is 0.319 e. The Morgan fingerprint density at radius 1 is 0.930 bits per heavy atom. The second-order valence-electron chi connectivity index (χ2n) is 12.4. The maximum atomic E-state index is 14.2. The van der Waals surface area contributed by atoms with Gasteiger partial charge in [-0.2, -0.15) is 0 Å². The monoisotopic (exact) mass is 582 g/mol. The molecule has 2 heterocycles. The Balaban J connectivity index is 1.35. The van der Waals surface area contributed by atoms with Gasteiger partial charge in [0.05, 0.1) is 0 Å². The van der Waals surface area contributed by atoms with Crippen molar-refractivity contribution < 1.29 is 14.0 Å². The normalized spacial score (nSPS) is 14.8. The first kappa shape index (κ1) is 30.3. The van der Waals surface area contributed by atoms with Crippen LogP contribution in [-0.2, 0) is 17.6 Å². The van der Waals surface area contributed by atoms with Gasteiger partial charge in [-0.25, -0.2) is 9.18 Å². The third kappa shape index (κ3) is 7.27. The van der Waals surface area contributed by atoms with Crippen LogP contribution in [0.2, 0.25) is 0 Å². The molecule has 1 unspecified atom stereocenters. The predicted octanol–water partition coefficient (Wildman–Crippen LogP) is 7.77. The van der Waals surface area contributed by atoms with E-state index in [2.05, 4.69) is 67.6 Å². The number of nitrogens with one attached hydrogen (secondary N) is 3. The van der Waals surface area contributed by atoms with Crippen LogP contribution in [0.5, 0.6) is 0 Å². The van der Waals surface area contributed by atoms with E-state index >= 15 is 0 Å². The van der Waals surface area contributed by atoms with Crippen molar-refractivity contribution in [1.82, 2.24) is 15.2 Å². The summed E-state index contributed by atoms with van der Waals surface area (Å²) in [7, 11) is 0. The molecule has 1 saturated heterocycles. The highest BCUT2D eigenvalue weighted by atomic mass is 19.1. The Hall–Kier alpha value is -4.13. The van der Waals surface area contributed by atoms with Crippen LogP contribution in [0.25, 0.3) is 10.9 Å². The second kappa shape index (κ2) is 13.4. The van der Waals surface area contributed by atoms with Gasteiger partial charge in [0.25, 0.3) is 0 Å². The van der Waals surface area contributed by atoms with Gasteiger partial charge in [-0.3, -0.25) is 4.79 Å². The van der Waals surface area contributed by atoms with Crippen molar-refractivity contribution in [2.45, 2.75) is 71.3 Å². The molecule has 5 rings (SSSR count). The summed E-state index contributed by atoms with van der Waals surface area (Å²) in [4.78, 5) is 32.7. The number of benzene rings is 3. The molecular weight excluding hydrogens is 539 g/mol. The fourth-order valence-electron chi connectivity index (χ4n) is 6.27. The highest BCUT2D eigenvalue weighted by Crippen LogP contribution is 2.32. The number of aromatic amines is 1. The third-order valence-corrected chi connectivity index (χ3v) is 8.66. The molecule has 3 aromatic carbocycles. The average Bonchev–Trinajstić information content (AvgIpc) is 3.38. The standard InChI is InChI=1S/C36H43FN4O2/c1-23(2)29-11-8-12-30(24(3)4)34(29)40-36(43)39-33(20-27-22-38-32-14-13-28(37)21-31(27)32)35(42)41-17-15-26(16-18-41)19-25-9-6-5-7-10-25/h5-14,21-24,26,33,38H,15-20H2,1-4H3,(H2,39,40,43). The number of fused-ring (bicyclic) bond motifs is 1. The zero-order valence-corrected chi connectivity index (χ0v) is 25.6. The maximum absolute atomic E-state index is 14.2. The number of H-pyrrole nitrogens is 1. The molecule has 0 saturated carbocycles. The number of hydrogen-bond acceptors (Lipinski definition) is 2. The Kier molecular flexibility index (Phi) is 9.49. The van der Waals surface area contributed by atoms with Gasteiger partial charge in [0, 0.05) is 42.3 Å². The summed E-state index contributed by atoms with van der Waals surface area (Å²) in [6.07, 6.45) is 4.89. The fourth-order valence-corrected chi connectivity index (χ4v) is 6.27. The number of amides is 3. The minimum absolute atomic E-state index is 0.111. The van der Waals surface area contributed by atoms with Crippen LogP contribution < -0.4 is 10.6 Å². The lowest BCUT2D eigenvalue weighted by Gasteiger charge is -2.34. The van der Waals surface area contributed by atoms with Crippen molar-refractivity contribution in [3.8, 4) is 0 Å². The molecule has 1 aliphatic heterocycles. The SMILES string of the molecule is CC(C)c1cccc(C(C)C)c1NC(=O)NC(Cc1c[nH]c2ccc(F)cc12)C(=O)N1CCC(Cc2ccccc2)CC1. The van der Waals surface area contributed by atoms with Crippen molar-refractivity contribution in [3.63, 3.8) is 0 Å². The second-order valence-corrected chi connectivity index (χ2v) is 12.4. The van der Waals surface area contributed by atoms with E-state index in [4.69, 9.17) is 0 Å². The average molecular weight is 583 g/mol. The first-order chi connectivity index (χ1) is 20.7. The van der Waals surface area contributed by atoms with Crippen molar-refractivity contribution >= 4 is 28.5 Å². The van der Waals surface area contributed by atoms with Gasteiger partial charge in [-0.1, -0.05) is 76.2 Å². The van der Waals surface area contributed by atoms with Crippen molar-refractivity contribution in [1.29, 1.82) is 0 Å². The summed E-state index contributed by atoms with van der Waals surface area (Å²) in [5.74, 6) is 0.489. The summed E-state index contributed by atoms with van der Waals surface area (Å²) < 4.78 is 14.2. The van der Waals surface area contributed by atoms with E-state index in [1.54, 1.807) is 12.3 Å². The molecule has 1 aromatic heterocycles. The zero-order valence-electron chi connectivity index (χ0n) is 25.6. The van der Waals surface area contributed by atoms with Gasteiger partial charge in [0.1, 0.15) is 11.9 Å². The highest BCUT2D eigenvalue weighted by molar-refractivity contribution is 5.95. The zero-order chi connectivity index (χ0) is 30.5. The molecule has 7 heteroatoms. The topological polar surface area (TPSA) is 77.2 Å². The largest absolute Gasteiger partial charge is 0.361 e. The number of nitrogens with zero attached hydrogens (tertiary/aromatic N) is 1. The number of piperidine rings is 1. The number of halogens is 1. The number of aromatic nitrogens is 1. The van der Waals surface area contributed by atoms with Gasteiger partial charge in [0.15, 0.2) is 0 Å². The van der Waals surface area contributed by atoms with Gasteiger partial charge >= 0.3 is 6.03 Å². The van der Waals surface area contributed by atoms with Crippen molar-refractivity contribution in [3.05, 3.63) is 101 Å². The predicted molar refractivity (Wildman–Crippen MR) is 172 cm³/mol. The van der Waals surface area contributed by atoms with E-state index in [1.807, 2.05) is 29.2 Å². The molecule has 43 heavy (non-hydrogen) atoms. The van der Waals surface area contributed by atoms with Crippen molar-refractivity contribution in [2.24, 2.45) is 5.92 Å². The van der Waals surface area contributed by atoms with E-state index in [9.17, 15) is 14.0 Å². The van der Waals surface area contributed by atoms with Crippen molar-refractivity contribution in [2.75, 3.05) is 18.4 Å². The lowest BCUT2D eigenvalue weighted by Crippen LogP contribution is -2.52. The van der Waals surface area contributed by atoms with E-state index in [-0.39, 0.29) is 30.0 Å². The molecule has 0 radical (unpaired) electrons. The van der Waals surface area contributed by atoms with Crippen LogP contribution in [0.15, 0.2) is 72.9 Å². The molecule has 6 nitrogen and oxygen atoms in total. The molecule has 1 atom stereocenters. The molecule has 1 aliphatic rings. The summed E-state index contributed by atoms with van der Waals surface area (Å²) in [6.45, 7) is 9.70. The number of para-hydroxylation sites is 1. The Morgan fingerprint density at radius 3 is 2.26 bits per heavy atom. The Bertz CT molecular complexity index is 1530. The lowest BCUT2D eigenvalue weighted by atomic mass is 9.90. The Labute approximate surface area is 254 Å². The van der Waals surface area contributed by atoms with E-state index in [0.29, 0.717) is 24.4 Å². The van der Waals surface area contributed by atoms with Gasteiger partial charge in [-0.15, -0.1) is 0 Å². The van der Waals surface area contributed by atoms with E-state index in [0.717, 1.165) is 47.2 Å². The fraction of sp³-hybridized carbons (Fsp3) is 0.389. The van der Waals surface area contributed by atoms with Crippen LogP contribution >= 0.6 is 0 Å². The summed E-state index contributed by atoms with van der Waals surface area (Å²) in [5, 5.41) is 6.83. The van der Waals surface area contributed by atoms with E-state index in [1.165, 1.54) is 17.7 Å². The molecule has 0 aliphatic carbocycles. The molecule has 3 amide bonds. The molecular formula is C36H43FN4O2. The quantitative estimate of drug-likeness (QED) is 0.189. The molecule has 4 aromatic rings. The first-order valence-electron chi connectivity index (χ1n) is 15.5. The van der Waals surface area contributed by atoms with Gasteiger partial charge in [0.2, 0.25) is 5.91 Å². The minimum Gasteiger partial charge on any atom is -0.361 e. The van der Waals surface area contributed by atoms with Gasteiger partial charge in [-0.05, 0) is 77.5 Å². The number of anilines is 1. The number of urea groups is 1. The first-order valence-corrected chi connectivity index (χ1v) is 15.5. The van der Waals surface area contributed by atoms with Crippen LogP contribution in [0.3, 0.4) is 0 Å². The summed E-state index contributed by atoms with van der Waals surface area (Å²) in [5.41, 5.74) is 5.80. The Morgan fingerprint density at radius 2 is 1.60 bits per heavy atom. The minimum atomic E-state index is -0.804. The number of likely N-dealkylation sites (tertiary alicyclic amines) is 1. The van der Waals surface area contributed by atoms with Crippen LogP contribution in [-0.4, -0.2) is 41.0 Å². The lowest BCUT2D eigenvalue weighted by molar-refractivity contribution is -0.134. The van der Waals surface area contributed by atoms with Crippen LogP contribution in [0, 0.1) is 11.7 Å². The molecule has 3 N–H and O–H groups in total. The number of rotatable bonds is 9. The summed E-state index contributed by atoms with van der Waals surface area (Å²) >= 11 is 0. The van der Waals surface area contributed by atoms with Crippen LogP contribution in [0.1, 0.15) is 74.6 Å². The number of hydrogen-bond donors (Lipinski definition) is 3. The van der Waals surface area contributed by atoms with Crippen LogP contribution in [0.4, 0.5) is 14.9 Å². The van der Waals surface area contributed by atoms with Gasteiger partial charge < -0.3 is 20.5 Å². The summed E-state index contributed by atoms with van der Waals surface area (Å²) in [6, 6.07) is 19.9. The number of carbonyl (C=O) groups is 2. The molecule has 1 fully saturated rings. The molecule has 226 valence electrons.